The lowest BCUT2D eigenvalue weighted by Crippen LogP contribution is -2.32. The van der Waals surface area contributed by atoms with Gasteiger partial charge in [0, 0.05) is 43.4 Å². The lowest BCUT2D eigenvalue weighted by atomic mass is 9.99. The number of benzene rings is 2. The number of amides is 1. The van der Waals surface area contributed by atoms with Gasteiger partial charge < -0.3 is 30.2 Å². The number of hydrogen-bond acceptors (Lipinski definition) is 5. The Labute approximate surface area is 212 Å². The summed E-state index contributed by atoms with van der Waals surface area (Å²) in [6.45, 7) is 10.4. The quantitative estimate of drug-likeness (QED) is 0.305. The van der Waals surface area contributed by atoms with E-state index >= 15 is 0 Å². The first kappa shape index (κ1) is 27.5. The highest BCUT2D eigenvalue weighted by molar-refractivity contribution is 6.05. The molecule has 196 valence electrons. The van der Waals surface area contributed by atoms with E-state index in [4.69, 9.17) is 20.3 Å². The first-order chi connectivity index (χ1) is 17.1. The molecule has 0 bridgehead atoms. The van der Waals surface area contributed by atoms with Crippen molar-refractivity contribution in [1.82, 2.24) is 9.88 Å². The highest BCUT2D eigenvalue weighted by Gasteiger charge is 2.16. The number of fused-ring (bicyclic) bond motifs is 1. The average molecular weight is 500 g/mol. The lowest BCUT2D eigenvalue weighted by molar-refractivity contribution is 0.100. The number of aliphatic hydroxyl groups excluding tert-OH is 1. The second-order valence-corrected chi connectivity index (χ2v) is 10.4. The molecule has 7 nitrogen and oxygen atoms in total. The van der Waals surface area contributed by atoms with E-state index in [1.165, 1.54) is 12.1 Å². The molecule has 36 heavy (non-hydrogen) atoms. The van der Waals surface area contributed by atoms with Gasteiger partial charge in [0.05, 0.1) is 17.7 Å². The second kappa shape index (κ2) is 12.2. The van der Waals surface area contributed by atoms with Crippen LogP contribution in [-0.4, -0.2) is 48.0 Å². The van der Waals surface area contributed by atoms with Gasteiger partial charge in [0.15, 0.2) is 11.5 Å². The van der Waals surface area contributed by atoms with Crippen LogP contribution in [0.4, 0.5) is 4.39 Å². The number of carbonyl (C=O) groups is 1. The third-order valence-electron chi connectivity index (χ3n) is 5.70. The minimum absolute atomic E-state index is 0.0257. The fourth-order valence-corrected chi connectivity index (χ4v) is 4.04. The van der Waals surface area contributed by atoms with Crippen LogP contribution in [-0.2, 0) is 13.0 Å². The van der Waals surface area contributed by atoms with E-state index in [1.54, 1.807) is 6.07 Å². The zero-order valence-corrected chi connectivity index (χ0v) is 21.6. The Hall–Kier alpha value is -3.10. The molecule has 8 heteroatoms. The fraction of sp³-hybridized carbons (Fsp3) is 0.464. The predicted molar refractivity (Wildman–Crippen MR) is 140 cm³/mol. The van der Waals surface area contributed by atoms with E-state index in [-0.39, 0.29) is 23.9 Å². The van der Waals surface area contributed by atoms with Crippen molar-refractivity contribution in [2.45, 2.75) is 53.1 Å². The van der Waals surface area contributed by atoms with Gasteiger partial charge in [-0.3, -0.25) is 4.79 Å². The molecule has 0 aliphatic heterocycles. The molecule has 1 heterocycles. The van der Waals surface area contributed by atoms with Crippen molar-refractivity contribution in [3.05, 3.63) is 59.5 Å². The third kappa shape index (κ3) is 7.70. The monoisotopic (exact) mass is 499 g/mol. The number of carbonyl (C=O) groups excluding carboxylic acids is 1. The summed E-state index contributed by atoms with van der Waals surface area (Å²) < 4.78 is 27.4. The largest absolute Gasteiger partial charge is 0.489 e. The topological polar surface area (TPSA) is 98.7 Å². The van der Waals surface area contributed by atoms with Crippen molar-refractivity contribution >= 4 is 16.8 Å². The first-order valence-corrected chi connectivity index (χ1v) is 12.4. The summed E-state index contributed by atoms with van der Waals surface area (Å²) in [7, 11) is 0. The molecular weight excluding hydrogens is 461 g/mol. The van der Waals surface area contributed by atoms with E-state index in [1.807, 2.05) is 22.9 Å². The summed E-state index contributed by atoms with van der Waals surface area (Å²) >= 11 is 0. The van der Waals surface area contributed by atoms with Crippen molar-refractivity contribution in [2.24, 2.45) is 11.1 Å². The predicted octanol–water partition coefficient (Wildman–Crippen LogP) is 4.29. The maximum absolute atomic E-state index is 13.8. The van der Waals surface area contributed by atoms with Crippen LogP contribution in [0.15, 0.2) is 42.6 Å². The van der Waals surface area contributed by atoms with Crippen molar-refractivity contribution in [1.29, 1.82) is 0 Å². The molecule has 1 atom stereocenters. The van der Waals surface area contributed by atoms with Crippen LogP contribution in [0.3, 0.4) is 0 Å². The summed E-state index contributed by atoms with van der Waals surface area (Å²) in [6.07, 6.45) is 3.21. The smallest absolute Gasteiger partial charge is 0.250 e. The molecule has 0 aliphatic carbocycles. The molecular formula is C28H38FN3O4. The Morgan fingerprint density at radius 2 is 1.94 bits per heavy atom. The van der Waals surface area contributed by atoms with Gasteiger partial charge >= 0.3 is 0 Å². The molecule has 0 saturated heterocycles. The number of rotatable bonds is 13. The van der Waals surface area contributed by atoms with Crippen molar-refractivity contribution in [3.8, 4) is 11.5 Å². The number of hydrogen-bond donors (Lipinski definition) is 3. The molecule has 1 amide bonds. The molecule has 0 unspecified atom stereocenters. The van der Waals surface area contributed by atoms with E-state index in [9.17, 15) is 9.18 Å². The third-order valence-corrected chi connectivity index (χ3v) is 5.70. The molecule has 1 aromatic heterocycles. The van der Waals surface area contributed by atoms with E-state index in [0.717, 1.165) is 16.5 Å². The van der Waals surface area contributed by atoms with E-state index in [2.05, 4.69) is 39.1 Å². The number of aromatic nitrogens is 1. The number of halogens is 1. The fourth-order valence-electron chi connectivity index (χ4n) is 4.04. The highest BCUT2D eigenvalue weighted by Crippen LogP contribution is 2.29. The van der Waals surface area contributed by atoms with Crippen molar-refractivity contribution in [2.75, 3.05) is 26.4 Å². The molecule has 0 radical (unpaired) electrons. The number of nitrogens with zero attached hydrogens (tertiary/aromatic N) is 1. The van der Waals surface area contributed by atoms with E-state index in [0.29, 0.717) is 56.2 Å². The number of nitrogens with two attached hydrogens (primary N) is 1. The minimum atomic E-state index is -0.473. The Morgan fingerprint density at radius 1 is 1.17 bits per heavy atom. The molecule has 4 N–H and O–H groups in total. The van der Waals surface area contributed by atoms with Crippen LogP contribution in [0.1, 0.15) is 50.0 Å². The van der Waals surface area contributed by atoms with Crippen molar-refractivity contribution in [3.63, 3.8) is 0 Å². The first-order valence-electron chi connectivity index (χ1n) is 12.4. The van der Waals surface area contributed by atoms with Gasteiger partial charge in [-0.05, 0) is 61.1 Å². The molecule has 3 rings (SSSR count). The summed E-state index contributed by atoms with van der Waals surface area (Å²) in [4.78, 5) is 12.2. The van der Waals surface area contributed by atoms with Gasteiger partial charge in [-0.15, -0.1) is 0 Å². The molecule has 0 saturated carbocycles. The zero-order chi connectivity index (χ0) is 26.3. The van der Waals surface area contributed by atoms with Crippen LogP contribution < -0.4 is 20.5 Å². The summed E-state index contributed by atoms with van der Waals surface area (Å²) in [5.74, 6) is 0.0632. The average Bonchev–Trinajstić information content (AvgIpc) is 3.21. The van der Waals surface area contributed by atoms with Gasteiger partial charge in [-0.2, -0.15) is 0 Å². The van der Waals surface area contributed by atoms with Gasteiger partial charge in [-0.25, -0.2) is 4.39 Å². The number of ether oxygens (including phenoxy) is 2. The second-order valence-electron chi connectivity index (χ2n) is 10.4. The number of primary amides is 1. The van der Waals surface area contributed by atoms with Gasteiger partial charge in [0.25, 0.3) is 5.91 Å². The Kier molecular flexibility index (Phi) is 9.34. The van der Waals surface area contributed by atoms with Gasteiger partial charge in [0.1, 0.15) is 12.4 Å². The normalized spacial score (nSPS) is 12.6. The Morgan fingerprint density at radius 3 is 2.64 bits per heavy atom. The molecule has 0 fully saturated rings. The summed E-state index contributed by atoms with van der Waals surface area (Å²) in [6, 6.07) is 10.3. The standard InChI is InChI=1S/C28H38FN3O4/c1-19(31-9-13-35-25-17-22(29)6-7-24(25)36-18-28(2,3)4)14-20-15-21-8-11-32(10-5-12-33)26(21)23(16-20)27(30)34/h6-8,11,15-17,19,31,33H,5,9-10,12-14,18H2,1-4H3,(H2,30,34)/t19-/m1/s1. The Balaban J connectivity index is 1.58. The molecule has 2 aromatic carbocycles. The van der Waals surface area contributed by atoms with E-state index < -0.39 is 5.91 Å². The van der Waals surface area contributed by atoms with Gasteiger partial charge in [0.2, 0.25) is 0 Å². The highest BCUT2D eigenvalue weighted by atomic mass is 19.1. The number of nitrogens with one attached hydrogen (secondary N) is 1. The maximum Gasteiger partial charge on any atom is 0.250 e. The molecule has 0 aliphatic rings. The van der Waals surface area contributed by atoms with Crippen LogP contribution in [0.2, 0.25) is 0 Å². The lowest BCUT2D eigenvalue weighted by Gasteiger charge is -2.21. The maximum atomic E-state index is 13.8. The summed E-state index contributed by atoms with van der Waals surface area (Å²) in [5, 5.41) is 13.5. The zero-order valence-electron chi connectivity index (χ0n) is 21.6. The van der Waals surface area contributed by atoms with Crippen LogP contribution in [0.5, 0.6) is 11.5 Å². The molecule has 0 spiro atoms. The van der Waals surface area contributed by atoms with Crippen molar-refractivity contribution < 1.29 is 23.8 Å². The van der Waals surface area contributed by atoms with Crippen LogP contribution >= 0.6 is 0 Å². The number of aryl methyl sites for hydroxylation is 1. The van der Waals surface area contributed by atoms with Crippen LogP contribution in [0, 0.1) is 11.2 Å². The van der Waals surface area contributed by atoms with Crippen LogP contribution in [0.25, 0.3) is 10.9 Å². The summed E-state index contributed by atoms with van der Waals surface area (Å²) in [5.41, 5.74) is 7.94. The van der Waals surface area contributed by atoms with Gasteiger partial charge in [-0.1, -0.05) is 20.8 Å². The SMILES string of the molecule is C[C@H](Cc1cc(C(N)=O)c2c(ccn2CCCO)c1)NCCOc1cc(F)ccc1OCC(C)(C)C. The minimum Gasteiger partial charge on any atom is -0.489 e. The molecule has 3 aromatic rings. The Bertz CT molecular complexity index is 1170. The number of aliphatic hydroxyl groups is 1.